The first kappa shape index (κ1) is 9.94. The molecule has 0 aromatic carbocycles. The lowest BCUT2D eigenvalue weighted by atomic mass is 10.3. The molecule has 0 aliphatic carbocycles. The van der Waals surface area contributed by atoms with E-state index in [1.807, 2.05) is 0 Å². The van der Waals surface area contributed by atoms with Gasteiger partial charge in [0, 0.05) is 6.42 Å². The molecule has 2 atom stereocenters. The van der Waals surface area contributed by atoms with E-state index in [9.17, 15) is 0 Å². The molecule has 1 aliphatic rings. The summed E-state index contributed by atoms with van der Waals surface area (Å²) in [6.45, 7) is 3.34. The van der Waals surface area contributed by atoms with Crippen LogP contribution in [0.4, 0.5) is 17.3 Å². The van der Waals surface area contributed by atoms with E-state index in [0.29, 0.717) is 23.7 Å². The van der Waals surface area contributed by atoms with Crippen molar-refractivity contribution in [3.63, 3.8) is 0 Å². The first-order valence-corrected chi connectivity index (χ1v) is 4.61. The van der Waals surface area contributed by atoms with E-state index in [1.54, 1.807) is 0 Å². The van der Waals surface area contributed by atoms with Crippen molar-refractivity contribution in [2.24, 2.45) is 4.99 Å². The van der Waals surface area contributed by atoms with Gasteiger partial charge in [0.15, 0.2) is 12.1 Å². The molecule has 2 unspecified atom stereocenters. The Balaban J connectivity index is 2.04. The molecule has 0 radical (unpaired) electrons. The summed E-state index contributed by atoms with van der Waals surface area (Å²) in [5.41, 5.74) is 6.12. The van der Waals surface area contributed by atoms with Crippen LogP contribution in [-0.4, -0.2) is 34.5 Å². The van der Waals surface area contributed by atoms with Crippen molar-refractivity contribution < 1.29 is 9.84 Å². The predicted octanol–water partition coefficient (Wildman–Crippen LogP) is 0.191. The molecule has 1 aromatic rings. The van der Waals surface area contributed by atoms with Crippen molar-refractivity contribution in [1.82, 2.24) is 10.2 Å². The van der Waals surface area contributed by atoms with E-state index < -0.39 is 6.29 Å². The normalized spacial score (nSPS) is 25.4. The number of aliphatic hydroxyl groups is 1. The number of hydrogen-bond donors (Lipinski definition) is 4. The number of nitrogen functional groups attached to an aromatic ring is 1. The molecule has 1 aromatic heterocycles. The minimum absolute atomic E-state index is 0.250. The second kappa shape index (κ2) is 3.87. The van der Waals surface area contributed by atoms with Gasteiger partial charge in [-0.25, -0.2) is 4.99 Å². The molecule has 7 nitrogen and oxygen atoms in total. The first-order chi connectivity index (χ1) is 7.20. The highest BCUT2D eigenvalue weighted by Gasteiger charge is 2.24. The molecular formula is C8H13N5O2. The molecule has 2 rings (SSSR count). The van der Waals surface area contributed by atoms with Crippen molar-refractivity contribution >= 4 is 24.0 Å². The Labute approximate surface area is 86.3 Å². The predicted molar refractivity (Wildman–Crippen MR) is 55.9 cm³/mol. The summed E-state index contributed by atoms with van der Waals surface area (Å²) in [6.07, 6.45) is 0.374. The summed E-state index contributed by atoms with van der Waals surface area (Å²) >= 11 is 0. The van der Waals surface area contributed by atoms with Crippen LogP contribution in [0.5, 0.6) is 0 Å². The number of anilines is 2. The number of aliphatic hydroxyl groups excluding tert-OH is 1. The molecule has 15 heavy (non-hydrogen) atoms. The monoisotopic (exact) mass is 211 g/mol. The van der Waals surface area contributed by atoms with Crippen LogP contribution in [0, 0.1) is 0 Å². The van der Waals surface area contributed by atoms with Gasteiger partial charge in [0.25, 0.3) is 0 Å². The van der Waals surface area contributed by atoms with Gasteiger partial charge in [-0.2, -0.15) is 5.10 Å². The van der Waals surface area contributed by atoms with Gasteiger partial charge in [-0.1, -0.05) is 0 Å². The van der Waals surface area contributed by atoms with Gasteiger partial charge < -0.3 is 20.9 Å². The molecule has 2 heterocycles. The van der Waals surface area contributed by atoms with Crippen LogP contribution in [0.2, 0.25) is 0 Å². The van der Waals surface area contributed by atoms with Crippen LogP contribution in [-0.2, 0) is 4.74 Å². The summed E-state index contributed by atoms with van der Waals surface area (Å²) in [5.74, 6) is 0.896. The Morgan fingerprint density at radius 1 is 1.67 bits per heavy atom. The van der Waals surface area contributed by atoms with Gasteiger partial charge in [-0.05, 0) is 13.1 Å². The third kappa shape index (κ3) is 1.92. The van der Waals surface area contributed by atoms with Gasteiger partial charge in [-0.15, -0.1) is 0 Å². The number of aliphatic imine (C=N–C) groups is 1. The molecule has 1 saturated heterocycles. The highest BCUT2D eigenvalue weighted by molar-refractivity contribution is 5.74. The average Bonchev–Trinajstić information content (AvgIpc) is 2.76. The molecular weight excluding hydrogens is 198 g/mol. The maximum atomic E-state index is 9.15. The zero-order valence-electron chi connectivity index (χ0n) is 8.10. The summed E-state index contributed by atoms with van der Waals surface area (Å²) in [5, 5.41) is 18.7. The molecule has 5 N–H and O–H groups in total. The van der Waals surface area contributed by atoms with Crippen molar-refractivity contribution in [2.75, 3.05) is 11.1 Å². The van der Waals surface area contributed by atoms with E-state index in [2.05, 4.69) is 27.2 Å². The number of hydrogen-bond acceptors (Lipinski definition) is 6. The van der Waals surface area contributed by atoms with Crippen LogP contribution in [0.15, 0.2) is 4.99 Å². The van der Waals surface area contributed by atoms with Gasteiger partial charge in [0.2, 0.25) is 0 Å². The highest BCUT2D eigenvalue weighted by Crippen LogP contribution is 2.28. The topological polar surface area (TPSA) is 109 Å². The average molecular weight is 211 g/mol. The maximum Gasteiger partial charge on any atom is 0.198 e. The Kier molecular flexibility index (Phi) is 2.57. The van der Waals surface area contributed by atoms with E-state index in [4.69, 9.17) is 15.6 Å². The molecule has 0 amide bonds. The van der Waals surface area contributed by atoms with Crippen LogP contribution in [0.1, 0.15) is 12.8 Å². The molecule has 0 bridgehead atoms. The van der Waals surface area contributed by atoms with Crippen molar-refractivity contribution in [1.29, 1.82) is 0 Å². The van der Waals surface area contributed by atoms with Crippen molar-refractivity contribution in [2.45, 2.75) is 25.4 Å². The standard InChI is InChI=1S/C8H13N5O2/c1-10-7-6(9)8(13-12-7)11-4-2-3-5(14)15-4/h4-5,14H,1-3,9H2,(H2,11,12,13). The summed E-state index contributed by atoms with van der Waals surface area (Å²) < 4.78 is 5.16. The van der Waals surface area contributed by atoms with Gasteiger partial charge in [0.05, 0.1) is 0 Å². The lowest BCUT2D eigenvalue weighted by Gasteiger charge is -2.12. The molecule has 1 aliphatic heterocycles. The number of nitrogens with two attached hydrogens (primary N) is 1. The van der Waals surface area contributed by atoms with Crippen LogP contribution >= 0.6 is 0 Å². The Hall–Kier alpha value is -1.60. The van der Waals surface area contributed by atoms with Gasteiger partial charge in [-0.3, -0.25) is 5.10 Å². The number of H-pyrrole nitrogens is 1. The zero-order valence-corrected chi connectivity index (χ0v) is 8.10. The summed E-state index contributed by atoms with van der Waals surface area (Å²) in [7, 11) is 0. The fourth-order valence-corrected chi connectivity index (χ4v) is 1.46. The van der Waals surface area contributed by atoms with Crippen molar-refractivity contribution in [3.05, 3.63) is 0 Å². The fourth-order valence-electron chi connectivity index (χ4n) is 1.46. The molecule has 1 fully saturated rings. The number of aromatic nitrogens is 2. The third-order valence-corrected chi connectivity index (χ3v) is 2.24. The summed E-state index contributed by atoms with van der Waals surface area (Å²) in [6, 6.07) is 0. The van der Waals surface area contributed by atoms with Gasteiger partial charge in [0.1, 0.15) is 17.7 Å². The van der Waals surface area contributed by atoms with E-state index in [-0.39, 0.29) is 6.23 Å². The Morgan fingerprint density at radius 2 is 2.47 bits per heavy atom. The second-order valence-corrected chi connectivity index (χ2v) is 3.30. The van der Waals surface area contributed by atoms with Crippen LogP contribution < -0.4 is 11.1 Å². The number of nitrogens with zero attached hydrogens (tertiary/aromatic N) is 2. The lowest BCUT2D eigenvalue weighted by molar-refractivity contribution is -0.0826. The quantitative estimate of drug-likeness (QED) is 0.534. The highest BCUT2D eigenvalue weighted by atomic mass is 16.6. The number of rotatable bonds is 3. The molecule has 0 spiro atoms. The molecule has 82 valence electrons. The third-order valence-electron chi connectivity index (χ3n) is 2.24. The maximum absolute atomic E-state index is 9.15. The molecule has 7 heteroatoms. The van der Waals surface area contributed by atoms with E-state index >= 15 is 0 Å². The lowest BCUT2D eigenvalue weighted by Crippen LogP contribution is -2.20. The fraction of sp³-hybridized carbons (Fsp3) is 0.500. The zero-order chi connectivity index (χ0) is 10.8. The molecule has 0 saturated carbocycles. The van der Waals surface area contributed by atoms with Crippen molar-refractivity contribution in [3.8, 4) is 0 Å². The smallest absolute Gasteiger partial charge is 0.198 e. The number of nitrogens with one attached hydrogen (secondary N) is 2. The summed E-state index contributed by atoms with van der Waals surface area (Å²) in [4.78, 5) is 3.63. The minimum Gasteiger partial charge on any atom is -0.393 e. The second-order valence-electron chi connectivity index (χ2n) is 3.30. The number of aromatic amines is 1. The largest absolute Gasteiger partial charge is 0.393 e. The van der Waals surface area contributed by atoms with Crippen LogP contribution in [0.25, 0.3) is 0 Å². The number of ether oxygens (including phenoxy) is 1. The van der Waals surface area contributed by atoms with E-state index in [1.165, 1.54) is 0 Å². The Morgan fingerprint density at radius 3 is 3.00 bits per heavy atom. The SMILES string of the molecule is C=Nc1n[nH]c(NC2CCC(O)O2)c1N. The van der Waals surface area contributed by atoms with Gasteiger partial charge >= 0.3 is 0 Å². The minimum atomic E-state index is -0.705. The first-order valence-electron chi connectivity index (χ1n) is 4.61. The Bertz CT molecular complexity index is 364. The van der Waals surface area contributed by atoms with Crippen LogP contribution in [0.3, 0.4) is 0 Å². The van der Waals surface area contributed by atoms with E-state index in [0.717, 1.165) is 6.42 Å².